The number of aromatic nitrogens is 3. The number of rotatable bonds is 2. The van der Waals surface area contributed by atoms with Crippen LogP contribution in [0.4, 0.5) is 0 Å². The van der Waals surface area contributed by atoms with Crippen LogP contribution in [0.2, 0.25) is 0 Å². The van der Waals surface area contributed by atoms with Crippen molar-refractivity contribution in [3.8, 4) is 0 Å². The van der Waals surface area contributed by atoms with Crippen molar-refractivity contribution in [2.75, 3.05) is 13.1 Å². The third kappa shape index (κ3) is 2.82. The number of nitrogens with zero attached hydrogens (tertiary/aromatic N) is 4. The summed E-state index contributed by atoms with van der Waals surface area (Å²) in [6.45, 7) is 5.66. The van der Waals surface area contributed by atoms with Gasteiger partial charge >= 0.3 is 0 Å². The highest BCUT2D eigenvalue weighted by molar-refractivity contribution is 5.93. The van der Waals surface area contributed by atoms with Crippen LogP contribution in [-0.4, -0.2) is 38.7 Å². The minimum atomic E-state index is 0.0786. The number of hydrogen-bond acceptors (Lipinski definition) is 3. The van der Waals surface area contributed by atoms with Crippen molar-refractivity contribution in [2.24, 2.45) is 0 Å². The van der Waals surface area contributed by atoms with Gasteiger partial charge in [-0.25, -0.2) is 0 Å². The molecule has 1 saturated heterocycles. The van der Waals surface area contributed by atoms with Gasteiger partial charge in [-0.2, -0.15) is 5.10 Å². The standard InChI is InChI=1S/C16H20N4O/c1-12-10-13(2)20(18-12)15-5-8-19(9-6-15)16(21)14-4-3-7-17-11-14/h3-4,7,10-11,15H,5-6,8-9H2,1-2H3. The number of carbonyl (C=O) groups is 1. The quantitative estimate of drug-likeness (QED) is 0.850. The molecule has 3 rings (SSSR count). The van der Waals surface area contributed by atoms with Crippen molar-refractivity contribution in [2.45, 2.75) is 32.7 Å². The molecule has 0 radical (unpaired) electrons. The van der Waals surface area contributed by atoms with E-state index in [-0.39, 0.29) is 5.91 Å². The van der Waals surface area contributed by atoms with Gasteiger partial charge in [0.15, 0.2) is 0 Å². The minimum Gasteiger partial charge on any atom is -0.338 e. The van der Waals surface area contributed by atoms with E-state index in [0.717, 1.165) is 31.6 Å². The van der Waals surface area contributed by atoms with Gasteiger partial charge in [0, 0.05) is 31.2 Å². The highest BCUT2D eigenvalue weighted by Gasteiger charge is 2.25. The Morgan fingerprint density at radius 2 is 2.05 bits per heavy atom. The van der Waals surface area contributed by atoms with Crippen LogP contribution in [0, 0.1) is 13.8 Å². The molecule has 1 aliphatic heterocycles. The molecule has 0 N–H and O–H groups in total. The van der Waals surface area contributed by atoms with Crippen LogP contribution in [0.5, 0.6) is 0 Å². The lowest BCUT2D eigenvalue weighted by Gasteiger charge is -2.32. The molecule has 5 heteroatoms. The minimum absolute atomic E-state index is 0.0786. The number of pyridine rings is 1. The van der Waals surface area contributed by atoms with Gasteiger partial charge in [-0.3, -0.25) is 14.5 Å². The zero-order valence-corrected chi connectivity index (χ0v) is 12.5. The fourth-order valence-electron chi connectivity index (χ4n) is 3.00. The Bertz CT molecular complexity index is 627. The lowest BCUT2D eigenvalue weighted by Crippen LogP contribution is -2.39. The maximum atomic E-state index is 12.4. The number of aryl methyl sites for hydroxylation is 2. The summed E-state index contributed by atoms with van der Waals surface area (Å²) in [7, 11) is 0. The highest BCUT2D eigenvalue weighted by atomic mass is 16.2. The van der Waals surface area contributed by atoms with E-state index in [1.807, 2.05) is 17.9 Å². The molecular formula is C16H20N4O. The summed E-state index contributed by atoms with van der Waals surface area (Å²) >= 11 is 0. The number of hydrogen-bond donors (Lipinski definition) is 0. The van der Waals surface area contributed by atoms with E-state index in [0.29, 0.717) is 11.6 Å². The molecule has 3 heterocycles. The lowest BCUT2D eigenvalue weighted by atomic mass is 10.0. The molecule has 0 aromatic carbocycles. The molecule has 0 saturated carbocycles. The van der Waals surface area contributed by atoms with Crippen LogP contribution in [0.3, 0.4) is 0 Å². The maximum absolute atomic E-state index is 12.4. The third-order valence-electron chi connectivity index (χ3n) is 4.05. The van der Waals surface area contributed by atoms with E-state index in [2.05, 4.69) is 27.8 Å². The summed E-state index contributed by atoms with van der Waals surface area (Å²) in [5, 5.41) is 4.57. The third-order valence-corrected chi connectivity index (χ3v) is 4.05. The predicted octanol–water partition coefficient (Wildman–Crippen LogP) is 2.37. The van der Waals surface area contributed by atoms with Gasteiger partial charge in [0.1, 0.15) is 0 Å². The van der Waals surface area contributed by atoms with Crippen molar-refractivity contribution in [3.05, 3.63) is 47.5 Å². The fourth-order valence-corrected chi connectivity index (χ4v) is 3.00. The average Bonchev–Trinajstić information content (AvgIpc) is 2.86. The highest BCUT2D eigenvalue weighted by Crippen LogP contribution is 2.24. The van der Waals surface area contributed by atoms with Crippen molar-refractivity contribution >= 4 is 5.91 Å². The Morgan fingerprint density at radius 1 is 1.29 bits per heavy atom. The first-order valence-electron chi connectivity index (χ1n) is 7.37. The molecule has 110 valence electrons. The average molecular weight is 284 g/mol. The zero-order valence-electron chi connectivity index (χ0n) is 12.5. The van der Waals surface area contributed by atoms with Crippen LogP contribution in [-0.2, 0) is 0 Å². The van der Waals surface area contributed by atoms with E-state index in [9.17, 15) is 4.79 Å². The molecular weight excluding hydrogens is 264 g/mol. The lowest BCUT2D eigenvalue weighted by molar-refractivity contribution is 0.0688. The van der Waals surface area contributed by atoms with Crippen LogP contribution in [0.15, 0.2) is 30.6 Å². The Hall–Kier alpha value is -2.17. The maximum Gasteiger partial charge on any atom is 0.255 e. The van der Waals surface area contributed by atoms with E-state index in [1.165, 1.54) is 5.69 Å². The molecule has 0 unspecified atom stereocenters. The Labute approximate surface area is 124 Å². The molecule has 0 bridgehead atoms. The van der Waals surface area contributed by atoms with Gasteiger partial charge in [-0.1, -0.05) is 0 Å². The first kappa shape index (κ1) is 13.8. The van der Waals surface area contributed by atoms with Crippen molar-refractivity contribution in [1.82, 2.24) is 19.7 Å². The van der Waals surface area contributed by atoms with E-state index in [1.54, 1.807) is 18.5 Å². The summed E-state index contributed by atoms with van der Waals surface area (Å²) in [6.07, 6.45) is 5.23. The summed E-state index contributed by atoms with van der Waals surface area (Å²) in [5.41, 5.74) is 2.92. The second kappa shape index (κ2) is 5.68. The number of amides is 1. The van der Waals surface area contributed by atoms with E-state index < -0.39 is 0 Å². The molecule has 2 aromatic heterocycles. The smallest absolute Gasteiger partial charge is 0.255 e. The van der Waals surface area contributed by atoms with Gasteiger partial charge in [-0.15, -0.1) is 0 Å². The summed E-state index contributed by atoms with van der Waals surface area (Å²) in [6, 6.07) is 6.13. The molecule has 2 aromatic rings. The molecule has 1 amide bonds. The number of piperidine rings is 1. The molecule has 1 aliphatic rings. The number of likely N-dealkylation sites (tertiary alicyclic amines) is 1. The summed E-state index contributed by atoms with van der Waals surface area (Å²) < 4.78 is 2.11. The SMILES string of the molecule is Cc1cc(C)n(C2CCN(C(=O)c3cccnc3)CC2)n1. The topological polar surface area (TPSA) is 51.0 Å². The Kier molecular flexibility index (Phi) is 3.73. The predicted molar refractivity (Wildman–Crippen MR) is 80.1 cm³/mol. The molecule has 1 fully saturated rings. The van der Waals surface area contributed by atoms with Crippen molar-refractivity contribution in [3.63, 3.8) is 0 Å². The second-order valence-corrected chi connectivity index (χ2v) is 5.64. The van der Waals surface area contributed by atoms with Crippen molar-refractivity contribution in [1.29, 1.82) is 0 Å². The Balaban J connectivity index is 1.65. The van der Waals surface area contributed by atoms with Crippen LogP contribution < -0.4 is 0 Å². The fraction of sp³-hybridized carbons (Fsp3) is 0.438. The largest absolute Gasteiger partial charge is 0.338 e. The van der Waals surface area contributed by atoms with Gasteiger partial charge in [0.05, 0.1) is 17.3 Å². The molecule has 0 aliphatic carbocycles. The van der Waals surface area contributed by atoms with Gasteiger partial charge in [-0.05, 0) is 44.9 Å². The Morgan fingerprint density at radius 3 is 2.62 bits per heavy atom. The van der Waals surface area contributed by atoms with Crippen LogP contribution in [0.25, 0.3) is 0 Å². The van der Waals surface area contributed by atoms with Crippen LogP contribution in [0.1, 0.15) is 40.6 Å². The summed E-state index contributed by atoms with van der Waals surface area (Å²) in [4.78, 5) is 18.3. The van der Waals surface area contributed by atoms with Gasteiger partial charge in [0.25, 0.3) is 5.91 Å². The first-order chi connectivity index (χ1) is 10.1. The van der Waals surface area contributed by atoms with E-state index >= 15 is 0 Å². The zero-order chi connectivity index (χ0) is 14.8. The normalized spacial score (nSPS) is 16.2. The van der Waals surface area contributed by atoms with Crippen LogP contribution >= 0.6 is 0 Å². The van der Waals surface area contributed by atoms with Gasteiger partial charge in [0.2, 0.25) is 0 Å². The molecule has 5 nitrogen and oxygen atoms in total. The first-order valence-corrected chi connectivity index (χ1v) is 7.37. The monoisotopic (exact) mass is 284 g/mol. The second-order valence-electron chi connectivity index (χ2n) is 5.64. The molecule has 0 atom stereocenters. The van der Waals surface area contributed by atoms with Gasteiger partial charge < -0.3 is 4.90 Å². The molecule has 21 heavy (non-hydrogen) atoms. The van der Waals surface area contributed by atoms with Crippen molar-refractivity contribution < 1.29 is 4.79 Å². The van der Waals surface area contributed by atoms with E-state index in [4.69, 9.17) is 0 Å². The summed E-state index contributed by atoms with van der Waals surface area (Å²) in [5.74, 6) is 0.0786. The molecule has 0 spiro atoms. The number of carbonyl (C=O) groups excluding carboxylic acids is 1.